The maximum atomic E-state index is 15.2. The number of hydrogen-bond acceptors (Lipinski definition) is 7. The van der Waals surface area contributed by atoms with E-state index in [4.69, 9.17) is 37.4 Å². The van der Waals surface area contributed by atoms with Gasteiger partial charge in [-0.25, -0.2) is 4.79 Å². The topological polar surface area (TPSA) is 108 Å². The molecular formula is C41H52Cl2N2O7. The molecule has 0 spiro atoms. The monoisotopic (exact) mass is 754 g/mol. The van der Waals surface area contributed by atoms with Gasteiger partial charge >= 0.3 is 5.91 Å². The number of phenolic OH excluding ortho intramolecular Hbond substituents is 1. The molecule has 52 heavy (non-hydrogen) atoms. The van der Waals surface area contributed by atoms with E-state index in [1.54, 1.807) is 31.4 Å². The summed E-state index contributed by atoms with van der Waals surface area (Å²) in [6.07, 6.45) is 4.40. The first-order chi connectivity index (χ1) is 24.7. The Bertz CT molecular complexity index is 1670. The molecule has 0 aromatic heterocycles. The summed E-state index contributed by atoms with van der Waals surface area (Å²) in [6.45, 7) is 8.98. The Labute approximate surface area is 318 Å². The lowest BCUT2D eigenvalue weighted by molar-refractivity contribution is -0.891. The van der Waals surface area contributed by atoms with Crippen LogP contribution in [-0.4, -0.2) is 77.6 Å². The highest BCUT2D eigenvalue weighted by Gasteiger charge is 2.60. The van der Waals surface area contributed by atoms with Gasteiger partial charge in [-0.05, 0) is 106 Å². The number of nitrogens with zero attached hydrogens (tertiary/aromatic N) is 2. The third-order valence-electron chi connectivity index (χ3n) is 10.0. The number of aromatic hydroxyl groups is 1. The predicted octanol–water partition coefficient (Wildman–Crippen LogP) is 7.52. The Morgan fingerprint density at radius 2 is 1.50 bits per heavy atom. The number of phenols is 1. The standard InChI is InChI=1S/C41H52Cl2N2O7/c1-27-19-36(42)38(37(43)20-27)52-18-17-51-35-14-8-28(9-15-35)22-31(25-44(40(48)49)41(2,3)4)39(47)45(32-10-11-32,33-12-13-33)26-30-21-29(7-6-16-50-5)23-34(46)24-30/h8-9,14-15,19-21,23-24,31-33H,6-7,10-13,16-18,22,25-26H2,1-5H3,(H-,46,48,49). The van der Waals surface area contributed by atoms with Crippen LogP contribution >= 0.6 is 23.2 Å². The van der Waals surface area contributed by atoms with Gasteiger partial charge in [0.25, 0.3) is 0 Å². The predicted molar refractivity (Wildman–Crippen MR) is 201 cm³/mol. The number of benzene rings is 3. The van der Waals surface area contributed by atoms with Crippen LogP contribution in [0.25, 0.3) is 0 Å². The first kappa shape index (κ1) is 39.7. The van der Waals surface area contributed by atoms with Crippen molar-refractivity contribution in [3.8, 4) is 17.2 Å². The van der Waals surface area contributed by atoms with E-state index in [0.717, 1.165) is 60.8 Å². The number of hydrogen-bond donors (Lipinski definition) is 1. The summed E-state index contributed by atoms with van der Waals surface area (Å²) >= 11 is 12.6. The minimum Gasteiger partial charge on any atom is -0.530 e. The summed E-state index contributed by atoms with van der Waals surface area (Å²) in [5.74, 6) is 0.666. The molecule has 2 aliphatic rings. The minimum atomic E-state index is -1.30. The van der Waals surface area contributed by atoms with Gasteiger partial charge in [-0.2, -0.15) is 0 Å². The van der Waals surface area contributed by atoms with Crippen molar-refractivity contribution >= 4 is 35.2 Å². The summed E-state index contributed by atoms with van der Waals surface area (Å²) in [4.78, 5) is 29.0. The maximum Gasteiger partial charge on any atom is 0.319 e. The van der Waals surface area contributed by atoms with Gasteiger partial charge in [0, 0.05) is 57.0 Å². The number of amides is 2. The van der Waals surface area contributed by atoms with Crippen molar-refractivity contribution in [2.75, 3.05) is 33.5 Å². The van der Waals surface area contributed by atoms with Crippen molar-refractivity contribution in [1.29, 1.82) is 0 Å². The van der Waals surface area contributed by atoms with Crippen molar-refractivity contribution in [3.05, 3.63) is 86.9 Å². The Hall–Kier alpha value is -3.50. The molecule has 1 atom stereocenters. The normalized spacial score (nSPS) is 15.3. The molecule has 3 aromatic rings. The average Bonchev–Trinajstić information content (AvgIpc) is 3.99. The molecule has 1 unspecified atom stereocenters. The number of rotatable bonds is 18. The van der Waals surface area contributed by atoms with E-state index in [9.17, 15) is 15.0 Å². The number of methoxy groups -OCH3 is 1. The number of ether oxygens (including phenoxy) is 3. The van der Waals surface area contributed by atoms with Crippen LogP contribution in [0, 0.1) is 12.8 Å². The van der Waals surface area contributed by atoms with E-state index < -0.39 is 17.6 Å². The molecule has 282 valence electrons. The third kappa shape index (κ3) is 10.1. The van der Waals surface area contributed by atoms with Gasteiger partial charge in [-0.15, -0.1) is 0 Å². The fourth-order valence-electron chi connectivity index (χ4n) is 7.31. The highest BCUT2D eigenvalue weighted by Crippen LogP contribution is 2.48. The molecule has 0 bridgehead atoms. The molecule has 9 nitrogen and oxygen atoms in total. The molecule has 0 saturated heterocycles. The number of halogens is 2. The van der Waals surface area contributed by atoms with Crippen LogP contribution < -0.4 is 14.6 Å². The summed E-state index contributed by atoms with van der Waals surface area (Å²) in [5.41, 5.74) is 3.00. The molecule has 2 fully saturated rings. The van der Waals surface area contributed by atoms with Crippen LogP contribution in [0.4, 0.5) is 4.79 Å². The van der Waals surface area contributed by atoms with E-state index in [-0.39, 0.29) is 48.0 Å². The molecule has 5 rings (SSSR count). The molecule has 11 heteroatoms. The van der Waals surface area contributed by atoms with E-state index in [1.165, 1.54) is 4.90 Å². The number of carbonyl (C=O) groups excluding carboxylic acids is 2. The Morgan fingerprint density at radius 1 is 0.904 bits per heavy atom. The van der Waals surface area contributed by atoms with E-state index >= 15 is 4.79 Å². The van der Waals surface area contributed by atoms with E-state index in [1.807, 2.05) is 52.0 Å². The summed E-state index contributed by atoms with van der Waals surface area (Å²) < 4.78 is 17.2. The van der Waals surface area contributed by atoms with Crippen molar-refractivity contribution in [3.63, 3.8) is 0 Å². The number of carbonyl (C=O) groups is 2. The molecule has 2 amide bonds. The molecule has 3 aromatic carbocycles. The van der Waals surface area contributed by atoms with Gasteiger partial charge < -0.3 is 34.1 Å². The molecule has 1 N–H and O–H groups in total. The van der Waals surface area contributed by atoms with Gasteiger partial charge in [0.15, 0.2) is 5.75 Å². The zero-order valence-electron chi connectivity index (χ0n) is 31.0. The van der Waals surface area contributed by atoms with Crippen LogP contribution in [0.3, 0.4) is 0 Å². The highest BCUT2D eigenvalue weighted by molar-refractivity contribution is 6.37. The quantitative estimate of drug-likeness (QED) is 0.106. The molecule has 2 aliphatic carbocycles. The Kier molecular flexibility index (Phi) is 13.1. The van der Waals surface area contributed by atoms with E-state index in [2.05, 4.69) is 6.07 Å². The smallest absolute Gasteiger partial charge is 0.319 e. The summed E-state index contributed by atoms with van der Waals surface area (Å²) in [7, 11) is 1.68. The van der Waals surface area contributed by atoms with Crippen molar-refractivity contribution in [2.24, 2.45) is 5.92 Å². The second-order valence-electron chi connectivity index (χ2n) is 15.3. The summed E-state index contributed by atoms with van der Waals surface area (Å²) in [6, 6.07) is 17.1. The first-order valence-corrected chi connectivity index (χ1v) is 19.0. The van der Waals surface area contributed by atoms with Crippen LogP contribution in [-0.2, 0) is 28.9 Å². The average molecular weight is 756 g/mol. The fourth-order valence-corrected chi connectivity index (χ4v) is 8.02. The fraction of sp³-hybridized carbons (Fsp3) is 0.512. The van der Waals surface area contributed by atoms with Gasteiger partial charge in [0.1, 0.15) is 37.4 Å². The number of carboxylic acid groups (broad SMARTS) is 1. The van der Waals surface area contributed by atoms with Crippen molar-refractivity contribution in [2.45, 2.75) is 96.8 Å². The largest absolute Gasteiger partial charge is 0.530 e. The SMILES string of the molecule is COCCCc1cc(O)cc(C[N+](C(=O)C(Cc2ccc(OCCOc3c(Cl)cc(C)cc3Cl)cc2)CN(C(=O)[O-])C(C)(C)C)(C2CC2)C2CC2)c1. The molecule has 0 aliphatic heterocycles. The summed E-state index contributed by atoms with van der Waals surface area (Å²) in [5, 5.41) is 24.1. The van der Waals surface area contributed by atoms with Crippen LogP contribution in [0.1, 0.15) is 75.1 Å². The van der Waals surface area contributed by atoms with Gasteiger partial charge in [-0.3, -0.25) is 4.48 Å². The lowest BCUT2D eigenvalue weighted by Crippen LogP contribution is -2.61. The van der Waals surface area contributed by atoms with Crippen LogP contribution in [0.2, 0.25) is 10.0 Å². The minimum absolute atomic E-state index is 0.0200. The van der Waals surface area contributed by atoms with Crippen molar-refractivity contribution < 1.29 is 38.5 Å². The Balaban J connectivity index is 1.36. The van der Waals surface area contributed by atoms with E-state index in [0.29, 0.717) is 41.1 Å². The molecule has 2 saturated carbocycles. The highest BCUT2D eigenvalue weighted by atomic mass is 35.5. The van der Waals surface area contributed by atoms with Crippen molar-refractivity contribution in [1.82, 2.24) is 4.90 Å². The first-order valence-electron chi connectivity index (χ1n) is 18.2. The number of quaternary nitrogens is 1. The lowest BCUT2D eigenvalue weighted by Gasteiger charge is -2.43. The molecule has 0 heterocycles. The second kappa shape index (κ2) is 17.1. The van der Waals surface area contributed by atoms with Crippen LogP contribution in [0.5, 0.6) is 17.2 Å². The Morgan fingerprint density at radius 3 is 2.06 bits per heavy atom. The zero-order valence-corrected chi connectivity index (χ0v) is 32.5. The maximum absolute atomic E-state index is 15.2. The molecule has 0 radical (unpaired) electrons. The van der Waals surface area contributed by atoms with Gasteiger partial charge in [0.2, 0.25) is 0 Å². The van der Waals surface area contributed by atoms with Gasteiger partial charge in [0.05, 0.1) is 28.0 Å². The second-order valence-corrected chi connectivity index (χ2v) is 16.2. The van der Waals surface area contributed by atoms with Crippen LogP contribution in [0.15, 0.2) is 54.6 Å². The zero-order chi connectivity index (χ0) is 37.6. The molecular weight excluding hydrogens is 703 g/mol. The lowest BCUT2D eigenvalue weighted by atomic mass is 9.93. The third-order valence-corrected chi connectivity index (χ3v) is 10.6. The number of aryl methyl sites for hydroxylation is 2. The van der Waals surface area contributed by atoms with Gasteiger partial charge in [-0.1, -0.05) is 35.3 Å².